The number of hydrogen-bond donors (Lipinski definition) is 1. The second-order valence-corrected chi connectivity index (χ2v) is 5.07. The highest BCUT2D eigenvalue weighted by atomic mass is 16.1. The van der Waals surface area contributed by atoms with E-state index in [0.29, 0.717) is 6.04 Å². The van der Waals surface area contributed by atoms with Crippen LogP contribution in [-0.2, 0) is 12.8 Å². The van der Waals surface area contributed by atoms with Gasteiger partial charge in [0, 0.05) is 11.6 Å². The molecule has 17 heavy (non-hydrogen) atoms. The van der Waals surface area contributed by atoms with Gasteiger partial charge in [-0.1, -0.05) is 0 Å². The van der Waals surface area contributed by atoms with Gasteiger partial charge >= 0.3 is 0 Å². The topological polar surface area (TPSA) is 46.9 Å². The molecule has 1 aliphatic carbocycles. The van der Waals surface area contributed by atoms with Crippen molar-refractivity contribution in [1.29, 1.82) is 0 Å². The molecule has 0 amide bonds. The molecule has 2 heterocycles. The van der Waals surface area contributed by atoms with Crippen LogP contribution >= 0.6 is 0 Å². The summed E-state index contributed by atoms with van der Waals surface area (Å²) in [6.07, 6.45) is 8.09. The number of piperidine rings is 1. The van der Waals surface area contributed by atoms with Crippen LogP contribution in [0.2, 0.25) is 0 Å². The highest BCUT2D eigenvalue weighted by molar-refractivity contribution is 5.20. The molecule has 0 bridgehead atoms. The highest BCUT2D eigenvalue weighted by Crippen LogP contribution is 2.19. The molecule has 0 aromatic carbocycles. The van der Waals surface area contributed by atoms with Crippen LogP contribution < -0.4 is 10.9 Å². The fourth-order valence-corrected chi connectivity index (χ4v) is 2.95. The van der Waals surface area contributed by atoms with E-state index in [9.17, 15) is 4.79 Å². The molecule has 92 valence electrons. The predicted octanol–water partition coefficient (Wildman–Crippen LogP) is 1.05. The van der Waals surface area contributed by atoms with Crippen molar-refractivity contribution in [3.63, 3.8) is 0 Å². The smallest absolute Gasteiger partial charge is 0.256 e. The quantitative estimate of drug-likeness (QED) is 0.788. The molecule has 2 aliphatic rings. The molecule has 3 rings (SSSR count). The van der Waals surface area contributed by atoms with Gasteiger partial charge in [0.1, 0.15) is 0 Å². The number of rotatable bonds is 1. The highest BCUT2D eigenvalue weighted by Gasteiger charge is 2.20. The molecule has 0 unspecified atom stereocenters. The summed E-state index contributed by atoms with van der Waals surface area (Å²) in [4.78, 5) is 16.9. The summed E-state index contributed by atoms with van der Waals surface area (Å²) >= 11 is 0. The van der Waals surface area contributed by atoms with E-state index in [4.69, 9.17) is 0 Å². The molecule has 4 nitrogen and oxygen atoms in total. The van der Waals surface area contributed by atoms with Crippen LogP contribution in [0.15, 0.2) is 11.1 Å². The van der Waals surface area contributed by atoms with E-state index in [1.165, 1.54) is 6.42 Å². The van der Waals surface area contributed by atoms with E-state index in [-0.39, 0.29) is 5.56 Å². The molecule has 1 fully saturated rings. The van der Waals surface area contributed by atoms with E-state index < -0.39 is 0 Å². The van der Waals surface area contributed by atoms with Gasteiger partial charge in [0.2, 0.25) is 0 Å². The Bertz CT molecular complexity index is 460. The van der Waals surface area contributed by atoms with Gasteiger partial charge in [0.05, 0.1) is 12.0 Å². The first-order valence-corrected chi connectivity index (χ1v) is 6.66. The van der Waals surface area contributed by atoms with Gasteiger partial charge in [-0.2, -0.15) is 0 Å². The summed E-state index contributed by atoms with van der Waals surface area (Å²) in [5.74, 6) is 0. The van der Waals surface area contributed by atoms with Gasteiger partial charge in [-0.15, -0.1) is 0 Å². The second-order valence-electron chi connectivity index (χ2n) is 5.07. The van der Waals surface area contributed by atoms with Gasteiger partial charge in [-0.25, -0.2) is 4.98 Å². The zero-order valence-corrected chi connectivity index (χ0v) is 10.1. The largest absolute Gasteiger partial charge is 0.317 e. The van der Waals surface area contributed by atoms with Crippen molar-refractivity contribution in [1.82, 2.24) is 14.9 Å². The Morgan fingerprint density at radius 3 is 2.82 bits per heavy atom. The lowest BCUT2D eigenvalue weighted by atomic mass is 9.97. The Morgan fingerprint density at radius 2 is 2.00 bits per heavy atom. The molecule has 0 spiro atoms. The first-order valence-electron chi connectivity index (χ1n) is 6.66. The minimum absolute atomic E-state index is 0.224. The van der Waals surface area contributed by atoms with Gasteiger partial charge in [0.25, 0.3) is 5.56 Å². The Morgan fingerprint density at radius 1 is 1.24 bits per heavy atom. The van der Waals surface area contributed by atoms with Crippen LogP contribution in [0.1, 0.15) is 43.0 Å². The van der Waals surface area contributed by atoms with Crippen molar-refractivity contribution in [3.8, 4) is 0 Å². The van der Waals surface area contributed by atoms with E-state index in [2.05, 4.69) is 10.3 Å². The fourth-order valence-electron chi connectivity index (χ4n) is 2.95. The maximum Gasteiger partial charge on any atom is 0.256 e. The van der Waals surface area contributed by atoms with Crippen LogP contribution in [0, 0.1) is 0 Å². The molecule has 0 atom stereocenters. The zero-order valence-electron chi connectivity index (χ0n) is 10.1. The SMILES string of the molecule is O=c1c2c(ncn1C1CCNCC1)CCCC2. The fraction of sp³-hybridized carbons (Fsp3) is 0.692. The minimum atomic E-state index is 0.224. The van der Waals surface area contributed by atoms with Crippen molar-refractivity contribution in [2.75, 3.05) is 13.1 Å². The lowest BCUT2D eigenvalue weighted by Gasteiger charge is -2.26. The van der Waals surface area contributed by atoms with Crippen molar-refractivity contribution < 1.29 is 0 Å². The third kappa shape index (κ3) is 2.02. The normalized spacial score (nSPS) is 21.2. The van der Waals surface area contributed by atoms with E-state index in [0.717, 1.165) is 56.5 Å². The monoisotopic (exact) mass is 233 g/mol. The summed E-state index contributed by atoms with van der Waals surface area (Å²) in [5.41, 5.74) is 2.25. The number of nitrogens with zero attached hydrogens (tertiary/aromatic N) is 2. The van der Waals surface area contributed by atoms with Crippen LogP contribution in [0.3, 0.4) is 0 Å². The van der Waals surface area contributed by atoms with Gasteiger partial charge < -0.3 is 5.32 Å². The van der Waals surface area contributed by atoms with Gasteiger partial charge in [-0.05, 0) is 51.6 Å². The van der Waals surface area contributed by atoms with Crippen LogP contribution in [0.4, 0.5) is 0 Å². The maximum atomic E-state index is 12.4. The Labute approximate surface area is 101 Å². The summed E-state index contributed by atoms with van der Waals surface area (Å²) in [5, 5.41) is 3.33. The summed E-state index contributed by atoms with van der Waals surface area (Å²) in [7, 11) is 0. The Kier molecular flexibility index (Phi) is 2.97. The summed E-state index contributed by atoms with van der Waals surface area (Å²) < 4.78 is 1.88. The van der Waals surface area contributed by atoms with E-state index in [1.807, 2.05) is 4.57 Å². The van der Waals surface area contributed by atoms with Crippen molar-refractivity contribution >= 4 is 0 Å². The number of aryl methyl sites for hydroxylation is 1. The number of fused-ring (bicyclic) bond motifs is 1. The van der Waals surface area contributed by atoms with Crippen LogP contribution in [0.25, 0.3) is 0 Å². The number of nitrogens with one attached hydrogen (secondary N) is 1. The molecule has 1 aromatic rings. The molecule has 4 heteroatoms. The average Bonchev–Trinajstić information content (AvgIpc) is 2.40. The van der Waals surface area contributed by atoms with Gasteiger partial charge in [-0.3, -0.25) is 9.36 Å². The van der Waals surface area contributed by atoms with Crippen molar-refractivity contribution in [3.05, 3.63) is 27.9 Å². The van der Waals surface area contributed by atoms with Crippen LogP contribution in [-0.4, -0.2) is 22.6 Å². The maximum absolute atomic E-state index is 12.4. The number of aromatic nitrogens is 2. The summed E-state index contributed by atoms with van der Waals surface area (Å²) in [6.45, 7) is 2.02. The molecule has 1 aliphatic heterocycles. The summed E-state index contributed by atoms with van der Waals surface area (Å²) in [6, 6.07) is 0.350. The number of hydrogen-bond acceptors (Lipinski definition) is 3. The minimum Gasteiger partial charge on any atom is -0.317 e. The van der Waals surface area contributed by atoms with Crippen LogP contribution in [0.5, 0.6) is 0 Å². The van der Waals surface area contributed by atoms with E-state index >= 15 is 0 Å². The lowest BCUT2D eigenvalue weighted by molar-refractivity contribution is 0.355. The van der Waals surface area contributed by atoms with E-state index in [1.54, 1.807) is 6.33 Å². The molecule has 1 saturated heterocycles. The first-order chi connectivity index (χ1) is 8.36. The Hall–Kier alpha value is -1.16. The van der Waals surface area contributed by atoms with Crippen molar-refractivity contribution in [2.45, 2.75) is 44.6 Å². The first kappa shape index (κ1) is 11.0. The van der Waals surface area contributed by atoms with Gasteiger partial charge in [0.15, 0.2) is 0 Å². The Balaban J connectivity index is 1.97. The second kappa shape index (κ2) is 4.61. The lowest BCUT2D eigenvalue weighted by Crippen LogP contribution is -2.36. The predicted molar refractivity (Wildman–Crippen MR) is 66.3 cm³/mol. The standard InChI is InChI=1S/C13H19N3O/c17-13-11-3-1-2-4-12(11)15-9-16(13)10-5-7-14-8-6-10/h9-10,14H,1-8H2. The molecule has 0 radical (unpaired) electrons. The molecule has 1 N–H and O–H groups in total. The van der Waals surface area contributed by atoms with Crippen molar-refractivity contribution in [2.24, 2.45) is 0 Å². The third-order valence-electron chi connectivity index (χ3n) is 3.97. The molecular weight excluding hydrogens is 214 g/mol. The molecule has 1 aromatic heterocycles. The average molecular weight is 233 g/mol. The molecular formula is C13H19N3O. The molecule has 0 saturated carbocycles. The zero-order chi connectivity index (χ0) is 11.7. The third-order valence-corrected chi connectivity index (χ3v) is 3.97.